The molecule has 1 heteroatoms. The molecule has 2 aromatic rings. The Kier molecular flexibility index (Phi) is 4.27. The van der Waals surface area contributed by atoms with Crippen molar-refractivity contribution in [2.45, 2.75) is 40.5 Å². The summed E-state index contributed by atoms with van der Waals surface area (Å²) in [6.45, 7) is 11.2. The molecule has 2 rings (SSSR count). The molecule has 0 aliphatic rings. The zero-order chi connectivity index (χ0) is 14.9. The second-order valence-corrected chi connectivity index (χ2v) is 6.31. The first-order chi connectivity index (χ1) is 9.40. The third kappa shape index (κ3) is 2.92. The van der Waals surface area contributed by atoms with Crippen LogP contribution in [0.4, 0.5) is 0 Å². The van der Waals surface area contributed by atoms with Gasteiger partial charge in [0.15, 0.2) is 6.20 Å². The summed E-state index contributed by atoms with van der Waals surface area (Å²) >= 11 is 0. The van der Waals surface area contributed by atoms with E-state index in [1.807, 2.05) is 0 Å². The lowest BCUT2D eigenvalue weighted by Crippen LogP contribution is -2.32. The number of nitrogens with zero attached hydrogens (tertiary/aromatic N) is 1. The number of rotatable bonds is 3. The summed E-state index contributed by atoms with van der Waals surface area (Å²) in [7, 11) is 2.14. The molecule has 1 unspecified atom stereocenters. The molecule has 0 spiro atoms. The Hall–Kier alpha value is -1.63. The molecule has 0 fully saturated rings. The largest absolute Gasteiger partial charge is 0.212 e. The van der Waals surface area contributed by atoms with Crippen LogP contribution in [0.1, 0.15) is 43.4 Å². The SMILES string of the molecule is Cc1ccc(-c2ccc(C(C)C(C)C)c[n+]2C)c(C)c1. The maximum Gasteiger partial charge on any atom is 0.212 e. The van der Waals surface area contributed by atoms with E-state index >= 15 is 0 Å². The van der Waals surface area contributed by atoms with E-state index in [0.29, 0.717) is 11.8 Å². The van der Waals surface area contributed by atoms with Crippen LogP contribution >= 0.6 is 0 Å². The molecular weight excluding hydrogens is 242 g/mol. The predicted molar refractivity (Wildman–Crippen MR) is 85.8 cm³/mol. The Morgan fingerprint density at radius 1 is 0.950 bits per heavy atom. The summed E-state index contributed by atoms with van der Waals surface area (Å²) in [5, 5.41) is 0. The minimum Gasteiger partial charge on any atom is -0.201 e. The topological polar surface area (TPSA) is 3.88 Å². The maximum absolute atomic E-state index is 2.30. The predicted octanol–water partition coefficient (Wildman–Crippen LogP) is 4.55. The number of benzene rings is 1. The van der Waals surface area contributed by atoms with Crippen LogP contribution < -0.4 is 4.57 Å². The van der Waals surface area contributed by atoms with Gasteiger partial charge in [-0.05, 0) is 43.4 Å². The molecule has 0 amide bonds. The third-order valence-electron chi connectivity index (χ3n) is 4.34. The highest BCUT2D eigenvalue weighted by Gasteiger charge is 2.17. The molecule has 0 aliphatic heterocycles. The molecule has 1 nitrogen and oxygen atoms in total. The minimum atomic E-state index is 0.592. The number of hydrogen-bond acceptors (Lipinski definition) is 0. The molecule has 1 aromatic carbocycles. The van der Waals surface area contributed by atoms with E-state index in [4.69, 9.17) is 0 Å². The molecule has 0 N–H and O–H groups in total. The molecule has 106 valence electrons. The van der Waals surface area contributed by atoms with Gasteiger partial charge in [0, 0.05) is 17.2 Å². The molecule has 1 aromatic heterocycles. The van der Waals surface area contributed by atoms with Crippen molar-refractivity contribution in [2.24, 2.45) is 13.0 Å². The van der Waals surface area contributed by atoms with E-state index in [-0.39, 0.29) is 0 Å². The minimum absolute atomic E-state index is 0.592. The van der Waals surface area contributed by atoms with Crippen LogP contribution in [-0.2, 0) is 7.05 Å². The molecule has 0 radical (unpaired) electrons. The number of aryl methyl sites for hydroxylation is 3. The van der Waals surface area contributed by atoms with Gasteiger partial charge in [-0.2, -0.15) is 0 Å². The van der Waals surface area contributed by atoms with Crippen molar-refractivity contribution in [1.29, 1.82) is 0 Å². The normalized spacial score (nSPS) is 12.8. The first-order valence-electron chi connectivity index (χ1n) is 7.47. The lowest BCUT2D eigenvalue weighted by Gasteiger charge is -2.15. The fourth-order valence-electron chi connectivity index (χ4n) is 2.66. The van der Waals surface area contributed by atoms with Gasteiger partial charge in [0.2, 0.25) is 5.69 Å². The highest BCUT2D eigenvalue weighted by Crippen LogP contribution is 2.25. The van der Waals surface area contributed by atoms with Gasteiger partial charge in [0.05, 0.1) is 0 Å². The van der Waals surface area contributed by atoms with Crippen LogP contribution in [-0.4, -0.2) is 0 Å². The van der Waals surface area contributed by atoms with Crippen LogP contribution in [0.5, 0.6) is 0 Å². The lowest BCUT2D eigenvalue weighted by molar-refractivity contribution is -0.660. The van der Waals surface area contributed by atoms with E-state index in [0.717, 1.165) is 0 Å². The van der Waals surface area contributed by atoms with Gasteiger partial charge in [0.25, 0.3) is 0 Å². The Labute approximate surface area is 123 Å². The Balaban J connectivity index is 2.44. The van der Waals surface area contributed by atoms with Crippen molar-refractivity contribution in [2.75, 3.05) is 0 Å². The van der Waals surface area contributed by atoms with Crippen molar-refractivity contribution in [3.05, 3.63) is 53.2 Å². The second kappa shape index (κ2) is 5.78. The van der Waals surface area contributed by atoms with Gasteiger partial charge >= 0.3 is 0 Å². The maximum atomic E-state index is 2.30. The van der Waals surface area contributed by atoms with Crippen molar-refractivity contribution in [3.63, 3.8) is 0 Å². The molecular formula is C19H26N+. The van der Waals surface area contributed by atoms with E-state index in [9.17, 15) is 0 Å². The molecule has 20 heavy (non-hydrogen) atoms. The van der Waals surface area contributed by atoms with Gasteiger partial charge in [-0.1, -0.05) is 38.5 Å². The summed E-state index contributed by atoms with van der Waals surface area (Å²) < 4.78 is 2.26. The van der Waals surface area contributed by atoms with Gasteiger partial charge in [-0.3, -0.25) is 0 Å². The summed E-state index contributed by atoms with van der Waals surface area (Å²) in [6.07, 6.45) is 2.28. The van der Waals surface area contributed by atoms with Crippen molar-refractivity contribution >= 4 is 0 Å². The molecule has 1 atom stereocenters. The van der Waals surface area contributed by atoms with E-state index < -0.39 is 0 Å². The number of pyridine rings is 1. The Morgan fingerprint density at radius 2 is 1.65 bits per heavy atom. The van der Waals surface area contributed by atoms with E-state index in [1.54, 1.807) is 0 Å². The van der Waals surface area contributed by atoms with Gasteiger partial charge < -0.3 is 0 Å². The van der Waals surface area contributed by atoms with E-state index in [2.05, 4.69) is 82.8 Å². The second-order valence-electron chi connectivity index (χ2n) is 6.31. The quantitative estimate of drug-likeness (QED) is 0.719. The number of hydrogen-bond donors (Lipinski definition) is 0. The smallest absolute Gasteiger partial charge is 0.201 e. The highest BCUT2D eigenvalue weighted by atomic mass is 14.9. The standard InChI is InChI=1S/C19H26N/c1-13(2)16(5)17-8-10-19(20(6)12-17)18-9-7-14(3)11-15(18)4/h7-13,16H,1-6H3/q+1. The van der Waals surface area contributed by atoms with Gasteiger partial charge in [0.1, 0.15) is 7.05 Å². The zero-order valence-corrected chi connectivity index (χ0v) is 13.6. The molecule has 0 saturated carbocycles. The van der Waals surface area contributed by atoms with Crippen LogP contribution in [0.3, 0.4) is 0 Å². The van der Waals surface area contributed by atoms with Crippen LogP contribution in [0.15, 0.2) is 36.5 Å². The van der Waals surface area contributed by atoms with Crippen LogP contribution in [0.25, 0.3) is 11.3 Å². The van der Waals surface area contributed by atoms with Crippen molar-refractivity contribution in [1.82, 2.24) is 0 Å². The fourth-order valence-corrected chi connectivity index (χ4v) is 2.66. The summed E-state index contributed by atoms with van der Waals surface area (Å²) in [6, 6.07) is 11.2. The Bertz CT molecular complexity index is 611. The molecule has 1 heterocycles. The zero-order valence-electron chi connectivity index (χ0n) is 13.6. The summed E-state index contributed by atoms with van der Waals surface area (Å²) in [5.74, 6) is 1.26. The van der Waals surface area contributed by atoms with Crippen molar-refractivity contribution < 1.29 is 4.57 Å². The molecule has 0 bridgehead atoms. The lowest BCUT2D eigenvalue weighted by atomic mass is 9.91. The average molecular weight is 268 g/mol. The number of aromatic nitrogens is 1. The third-order valence-corrected chi connectivity index (χ3v) is 4.34. The van der Waals surface area contributed by atoms with Gasteiger partial charge in [-0.25, -0.2) is 4.57 Å². The van der Waals surface area contributed by atoms with Gasteiger partial charge in [-0.15, -0.1) is 0 Å². The fraction of sp³-hybridized carbons (Fsp3) is 0.421. The van der Waals surface area contributed by atoms with Crippen LogP contribution in [0, 0.1) is 19.8 Å². The molecule has 0 saturated heterocycles. The monoisotopic (exact) mass is 268 g/mol. The summed E-state index contributed by atoms with van der Waals surface area (Å²) in [5.41, 5.74) is 6.67. The summed E-state index contributed by atoms with van der Waals surface area (Å²) in [4.78, 5) is 0. The molecule has 0 aliphatic carbocycles. The van der Waals surface area contributed by atoms with Crippen LogP contribution in [0.2, 0.25) is 0 Å². The first-order valence-corrected chi connectivity index (χ1v) is 7.47. The Morgan fingerprint density at radius 3 is 2.20 bits per heavy atom. The highest BCUT2D eigenvalue weighted by molar-refractivity contribution is 5.61. The first kappa shape index (κ1) is 14.8. The van der Waals surface area contributed by atoms with Crippen molar-refractivity contribution in [3.8, 4) is 11.3 Å². The van der Waals surface area contributed by atoms with E-state index in [1.165, 1.54) is 27.9 Å². The average Bonchev–Trinajstić information content (AvgIpc) is 2.38.